The van der Waals surface area contributed by atoms with Crippen molar-refractivity contribution in [1.29, 1.82) is 0 Å². The average molecular weight is 342 g/mol. The SMILES string of the molecule is Cc1cc(=O)n(CC(=O)Nc2cnc(N3CCC(C)CC3)nc2)cn1. The normalized spacial score (nSPS) is 15.2. The number of piperidine rings is 1. The van der Waals surface area contributed by atoms with Gasteiger partial charge in [0.05, 0.1) is 24.4 Å². The number of nitrogens with zero attached hydrogens (tertiary/aromatic N) is 5. The van der Waals surface area contributed by atoms with Crippen LogP contribution in [0.2, 0.25) is 0 Å². The summed E-state index contributed by atoms with van der Waals surface area (Å²) in [7, 11) is 0. The van der Waals surface area contributed by atoms with Gasteiger partial charge in [-0.15, -0.1) is 0 Å². The number of aryl methyl sites for hydroxylation is 1. The summed E-state index contributed by atoms with van der Waals surface area (Å²) >= 11 is 0. The molecule has 2 aromatic rings. The van der Waals surface area contributed by atoms with Gasteiger partial charge in [-0.1, -0.05) is 6.92 Å². The first-order chi connectivity index (χ1) is 12.0. The minimum absolute atomic E-state index is 0.0993. The van der Waals surface area contributed by atoms with Crippen molar-refractivity contribution in [3.05, 3.63) is 40.8 Å². The van der Waals surface area contributed by atoms with Gasteiger partial charge in [0, 0.05) is 24.8 Å². The van der Waals surface area contributed by atoms with Gasteiger partial charge in [-0.25, -0.2) is 15.0 Å². The Morgan fingerprint density at radius 2 is 1.92 bits per heavy atom. The highest BCUT2D eigenvalue weighted by Crippen LogP contribution is 2.20. The Hall–Kier alpha value is -2.77. The number of carbonyl (C=O) groups is 1. The Morgan fingerprint density at radius 1 is 1.24 bits per heavy atom. The molecule has 0 aromatic carbocycles. The van der Waals surface area contributed by atoms with Gasteiger partial charge < -0.3 is 10.2 Å². The fraction of sp³-hybridized carbons (Fsp3) is 0.471. The number of amides is 1. The monoisotopic (exact) mass is 342 g/mol. The average Bonchev–Trinajstić information content (AvgIpc) is 2.59. The summed E-state index contributed by atoms with van der Waals surface area (Å²) in [5, 5.41) is 2.70. The smallest absolute Gasteiger partial charge is 0.253 e. The molecule has 0 aliphatic carbocycles. The molecule has 0 unspecified atom stereocenters. The summed E-state index contributed by atoms with van der Waals surface area (Å²) in [6.45, 7) is 5.80. The van der Waals surface area contributed by atoms with Crippen LogP contribution in [0.4, 0.5) is 11.6 Å². The highest BCUT2D eigenvalue weighted by atomic mass is 16.2. The van der Waals surface area contributed by atoms with E-state index in [9.17, 15) is 9.59 Å². The Bertz CT molecular complexity index is 794. The van der Waals surface area contributed by atoms with Gasteiger partial charge in [-0.2, -0.15) is 0 Å². The first-order valence-corrected chi connectivity index (χ1v) is 8.41. The molecule has 3 rings (SSSR count). The van der Waals surface area contributed by atoms with Crippen LogP contribution in [-0.2, 0) is 11.3 Å². The minimum atomic E-state index is -0.323. The molecule has 2 aromatic heterocycles. The number of rotatable bonds is 4. The lowest BCUT2D eigenvalue weighted by Crippen LogP contribution is -2.34. The second kappa shape index (κ2) is 7.42. The van der Waals surface area contributed by atoms with E-state index in [0.717, 1.165) is 31.8 Å². The van der Waals surface area contributed by atoms with E-state index in [1.54, 1.807) is 19.3 Å². The van der Waals surface area contributed by atoms with Crippen LogP contribution in [0, 0.1) is 12.8 Å². The van der Waals surface area contributed by atoms with Crippen molar-refractivity contribution in [2.24, 2.45) is 5.92 Å². The molecule has 0 spiro atoms. The number of carbonyl (C=O) groups excluding carboxylic acids is 1. The molecule has 1 aliphatic heterocycles. The Morgan fingerprint density at radius 3 is 2.56 bits per heavy atom. The van der Waals surface area contributed by atoms with Gasteiger partial charge in [0.1, 0.15) is 6.54 Å². The molecule has 8 nitrogen and oxygen atoms in total. The molecule has 1 amide bonds. The molecule has 132 valence electrons. The van der Waals surface area contributed by atoms with Crippen LogP contribution in [0.15, 0.2) is 29.6 Å². The quantitative estimate of drug-likeness (QED) is 0.898. The topological polar surface area (TPSA) is 93.0 Å². The molecule has 25 heavy (non-hydrogen) atoms. The largest absolute Gasteiger partial charge is 0.341 e. The predicted octanol–water partition coefficient (Wildman–Crippen LogP) is 1.22. The summed E-state index contributed by atoms with van der Waals surface area (Å²) in [6.07, 6.45) is 6.83. The number of hydrogen-bond donors (Lipinski definition) is 1. The van der Waals surface area contributed by atoms with E-state index in [0.29, 0.717) is 17.3 Å². The molecule has 3 heterocycles. The molecule has 1 saturated heterocycles. The van der Waals surface area contributed by atoms with Crippen LogP contribution in [-0.4, -0.2) is 38.5 Å². The fourth-order valence-electron chi connectivity index (χ4n) is 2.75. The van der Waals surface area contributed by atoms with E-state index in [1.807, 2.05) is 0 Å². The Labute approximate surface area is 145 Å². The fourth-order valence-corrected chi connectivity index (χ4v) is 2.75. The molecule has 0 bridgehead atoms. The van der Waals surface area contributed by atoms with E-state index in [1.165, 1.54) is 17.0 Å². The first-order valence-electron chi connectivity index (χ1n) is 8.41. The van der Waals surface area contributed by atoms with E-state index < -0.39 is 0 Å². The zero-order chi connectivity index (χ0) is 17.8. The van der Waals surface area contributed by atoms with Crippen molar-refractivity contribution in [3.8, 4) is 0 Å². The van der Waals surface area contributed by atoms with Crippen LogP contribution >= 0.6 is 0 Å². The van der Waals surface area contributed by atoms with Crippen LogP contribution in [0.25, 0.3) is 0 Å². The number of hydrogen-bond acceptors (Lipinski definition) is 6. The summed E-state index contributed by atoms with van der Waals surface area (Å²) < 4.78 is 1.26. The molecule has 8 heteroatoms. The van der Waals surface area contributed by atoms with Gasteiger partial charge >= 0.3 is 0 Å². The molecule has 1 fully saturated rings. The second-order valence-electron chi connectivity index (χ2n) is 6.49. The van der Waals surface area contributed by atoms with E-state index in [4.69, 9.17) is 0 Å². The second-order valence-corrected chi connectivity index (χ2v) is 6.49. The minimum Gasteiger partial charge on any atom is -0.341 e. The maximum atomic E-state index is 12.1. The highest BCUT2D eigenvalue weighted by Gasteiger charge is 2.17. The maximum absolute atomic E-state index is 12.1. The Kier molecular flexibility index (Phi) is 5.06. The predicted molar refractivity (Wildman–Crippen MR) is 94.5 cm³/mol. The van der Waals surface area contributed by atoms with Gasteiger partial charge in [0.15, 0.2) is 0 Å². The van der Waals surface area contributed by atoms with Crippen LogP contribution in [0.3, 0.4) is 0 Å². The lowest BCUT2D eigenvalue weighted by molar-refractivity contribution is -0.116. The highest BCUT2D eigenvalue weighted by molar-refractivity contribution is 5.90. The maximum Gasteiger partial charge on any atom is 0.253 e. The summed E-state index contributed by atoms with van der Waals surface area (Å²) in [5.74, 6) is 1.11. The molecule has 1 aliphatic rings. The number of aromatic nitrogens is 4. The summed E-state index contributed by atoms with van der Waals surface area (Å²) in [6, 6.07) is 1.39. The van der Waals surface area contributed by atoms with E-state index >= 15 is 0 Å². The zero-order valence-electron chi connectivity index (χ0n) is 14.5. The molecule has 0 saturated carbocycles. The van der Waals surface area contributed by atoms with E-state index in [-0.39, 0.29) is 18.0 Å². The number of nitrogens with one attached hydrogen (secondary N) is 1. The van der Waals surface area contributed by atoms with Crippen molar-refractivity contribution in [2.75, 3.05) is 23.3 Å². The third-order valence-corrected chi connectivity index (χ3v) is 4.32. The molecular weight excluding hydrogens is 320 g/mol. The van der Waals surface area contributed by atoms with Crippen molar-refractivity contribution in [1.82, 2.24) is 19.5 Å². The third-order valence-electron chi connectivity index (χ3n) is 4.32. The van der Waals surface area contributed by atoms with Crippen LogP contribution in [0.5, 0.6) is 0 Å². The summed E-state index contributed by atoms with van der Waals surface area (Å²) in [5.41, 5.74) is 0.874. The lowest BCUT2D eigenvalue weighted by Gasteiger charge is -2.30. The van der Waals surface area contributed by atoms with Crippen LogP contribution < -0.4 is 15.8 Å². The van der Waals surface area contributed by atoms with Gasteiger partial charge in [0.2, 0.25) is 11.9 Å². The zero-order valence-corrected chi connectivity index (χ0v) is 14.5. The third kappa shape index (κ3) is 4.40. The van der Waals surface area contributed by atoms with E-state index in [2.05, 4.69) is 32.1 Å². The molecular formula is C17H22N6O2. The molecule has 1 N–H and O–H groups in total. The molecule has 0 radical (unpaired) electrons. The molecule has 0 atom stereocenters. The summed E-state index contributed by atoms with van der Waals surface area (Å²) in [4.78, 5) is 38.7. The lowest BCUT2D eigenvalue weighted by atomic mass is 10.00. The van der Waals surface area contributed by atoms with Crippen molar-refractivity contribution in [3.63, 3.8) is 0 Å². The Balaban J connectivity index is 1.59. The standard InChI is InChI=1S/C17H22N6O2/c1-12-3-5-22(6-4-12)17-18-8-14(9-19-17)21-15(24)10-23-11-20-13(2)7-16(23)25/h7-9,11-12H,3-6,10H2,1-2H3,(H,21,24). The van der Waals surface area contributed by atoms with Crippen molar-refractivity contribution < 1.29 is 4.79 Å². The van der Waals surface area contributed by atoms with Crippen LogP contribution in [0.1, 0.15) is 25.5 Å². The van der Waals surface area contributed by atoms with Crippen molar-refractivity contribution >= 4 is 17.5 Å². The van der Waals surface area contributed by atoms with Crippen molar-refractivity contribution in [2.45, 2.75) is 33.2 Å². The van der Waals surface area contributed by atoms with Gasteiger partial charge in [-0.05, 0) is 25.7 Å². The number of anilines is 2. The van der Waals surface area contributed by atoms with Gasteiger partial charge in [0.25, 0.3) is 5.56 Å². The van der Waals surface area contributed by atoms with Gasteiger partial charge in [-0.3, -0.25) is 14.2 Å². The first kappa shape index (κ1) is 17.1.